The zero-order chi connectivity index (χ0) is 18.4. The number of thiazole rings is 1. The molecule has 2 N–H and O–H groups in total. The molecule has 0 spiro atoms. The van der Waals surface area contributed by atoms with Gasteiger partial charge in [0.2, 0.25) is 0 Å². The summed E-state index contributed by atoms with van der Waals surface area (Å²) in [5, 5.41) is 9.37. The molecule has 0 bridgehead atoms. The average molecular weight is 387 g/mol. The van der Waals surface area contributed by atoms with Crippen molar-refractivity contribution in [1.82, 2.24) is 15.3 Å². The van der Waals surface area contributed by atoms with Crippen LogP contribution in [-0.2, 0) is 6.42 Å². The number of benzene rings is 1. The van der Waals surface area contributed by atoms with Crippen LogP contribution >= 0.6 is 22.9 Å². The van der Waals surface area contributed by atoms with E-state index in [1.165, 1.54) is 0 Å². The second-order valence-corrected chi connectivity index (χ2v) is 7.16. The molecule has 0 unspecified atom stereocenters. The number of amides is 2. The zero-order valence-corrected chi connectivity index (χ0v) is 15.9. The maximum Gasteiger partial charge on any atom is 0.319 e. The van der Waals surface area contributed by atoms with E-state index in [2.05, 4.69) is 20.6 Å². The molecule has 5 nitrogen and oxygen atoms in total. The SMILES string of the molecule is Cc1ccc(NC(=O)NCCCc2nc(-c3ccncc3)cs2)cc1Cl. The number of anilines is 1. The van der Waals surface area contributed by atoms with Gasteiger partial charge in [0.15, 0.2) is 0 Å². The molecule has 0 radical (unpaired) electrons. The molecule has 0 fully saturated rings. The summed E-state index contributed by atoms with van der Waals surface area (Å²) in [5.74, 6) is 0. The quantitative estimate of drug-likeness (QED) is 0.591. The Kier molecular flexibility index (Phi) is 6.20. The summed E-state index contributed by atoms with van der Waals surface area (Å²) in [4.78, 5) is 20.6. The van der Waals surface area contributed by atoms with E-state index >= 15 is 0 Å². The highest BCUT2D eigenvalue weighted by atomic mass is 35.5. The molecule has 0 aliphatic carbocycles. The first-order chi connectivity index (χ1) is 12.6. The highest BCUT2D eigenvalue weighted by molar-refractivity contribution is 7.09. The average Bonchev–Trinajstić information content (AvgIpc) is 3.12. The van der Waals surface area contributed by atoms with Crippen LogP contribution in [0.4, 0.5) is 10.5 Å². The van der Waals surface area contributed by atoms with Crippen LogP contribution in [0.2, 0.25) is 5.02 Å². The first-order valence-corrected chi connectivity index (χ1v) is 9.53. The lowest BCUT2D eigenvalue weighted by atomic mass is 10.2. The number of nitrogens with one attached hydrogen (secondary N) is 2. The van der Waals surface area contributed by atoms with Crippen LogP contribution in [0, 0.1) is 6.92 Å². The fourth-order valence-corrected chi connectivity index (χ4v) is 3.40. The minimum Gasteiger partial charge on any atom is -0.338 e. The summed E-state index contributed by atoms with van der Waals surface area (Å²) < 4.78 is 0. The third-order valence-electron chi connectivity index (χ3n) is 3.81. The Morgan fingerprint density at radius 2 is 2.04 bits per heavy atom. The van der Waals surface area contributed by atoms with E-state index in [0.29, 0.717) is 17.3 Å². The number of aromatic nitrogens is 2. The predicted octanol–water partition coefficient (Wildman–Crippen LogP) is 4.92. The van der Waals surface area contributed by atoms with Crippen LogP contribution in [-0.4, -0.2) is 22.5 Å². The van der Waals surface area contributed by atoms with Gasteiger partial charge in [0.05, 0.1) is 10.7 Å². The van der Waals surface area contributed by atoms with Crippen molar-refractivity contribution >= 4 is 34.7 Å². The molecular weight excluding hydrogens is 368 g/mol. The Bertz CT molecular complexity index is 882. The Morgan fingerprint density at radius 1 is 1.23 bits per heavy atom. The van der Waals surface area contributed by atoms with Crippen LogP contribution in [0.25, 0.3) is 11.3 Å². The van der Waals surface area contributed by atoms with Gasteiger partial charge in [-0.1, -0.05) is 17.7 Å². The molecule has 2 aromatic heterocycles. The highest BCUT2D eigenvalue weighted by Gasteiger charge is 2.06. The molecule has 3 aromatic rings. The third-order valence-corrected chi connectivity index (χ3v) is 5.13. The van der Waals surface area contributed by atoms with Crippen LogP contribution in [0.1, 0.15) is 17.0 Å². The van der Waals surface area contributed by atoms with Crippen LogP contribution in [0.15, 0.2) is 48.1 Å². The number of carbonyl (C=O) groups is 1. The van der Waals surface area contributed by atoms with E-state index in [1.54, 1.807) is 29.8 Å². The number of carbonyl (C=O) groups excluding carboxylic acids is 1. The minimum atomic E-state index is -0.235. The molecule has 2 heterocycles. The van der Waals surface area contributed by atoms with Crippen LogP contribution < -0.4 is 10.6 Å². The maximum absolute atomic E-state index is 11.9. The molecule has 1 aromatic carbocycles. The second kappa shape index (κ2) is 8.78. The number of urea groups is 1. The lowest BCUT2D eigenvalue weighted by Gasteiger charge is -2.08. The lowest BCUT2D eigenvalue weighted by Crippen LogP contribution is -2.29. The van der Waals surface area contributed by atoms with E-state index in [1.807, 2.05) is 36.6 Å². The molecule has 26 heavy (non-hydrogen) atoms. The number of rotatable bonds is 6. The van der Waals surface area contributed by atoms with Gasteiger partial charge in [-0.25, -0.2) is 9.78 Å². The third kappa shape index (κ3) is 5.03. The number of pyridine rings is 1. The monoisotopic (exact) mass is 386 g/mol. The van der Waals surface area contributed by atoms with E-state index in [-0.39, 0.29) is 6.03 Å². The number of aryl methyl sites for hydroxylation is 2. The van der Waals surface area contributed by atoms with Crippen molar-refractivity contribution < 1.29 is 4.79 Å². The summed E-state index contributed by atoms with van der Waals surface area (Å²) in [6, 6.07) is 9.11. The van der Waals surface area contributed by atoms with E-state index < -0.39 is 0 Å². The number of hydrogen-bond donors (Lipinski definition) is 2. The highest BCUT2D eigenvalue weighted by Crippen LogP contribution is 2.22. The second-order valence-electron chi connectivity index (χ2n) is 5.81. The lowest BCUT2D eigenvalue weighted by molar-refractivity contribution is 0.252. The van der Waals surface area contributed by atoms with Crippen molar-refractivity contribution in [1.29, 1.82) is 0 Å². The van der Waals surface area contributed by atoms with Gasteiger partial charge >= 0.3 is 6.03 Å². The predicted molar refractivity (Wildman–Crippen MR) is 107 cm³/mol. The summed E-state index contributed by atoms with van der Waals surface area (Å²) in [6.07, 6.45) is 5.17. The van der Waals surface area contributed by atoms with Crippen molar-refractivity contribution in [3.63, 3.8) is 0 Å². The van der Waals surface area contributed by atoms with E-state index in [4.69, 9.17) is 11.6 Å². The standard InChI is InChI=1S/C19H19ClN4OS/c1-13-4-5-15(11-16(13)20)23-19(25)22-8-2-3-18-24-17(12-26-18)14-6-9-21-10-7-14/h4-7,9-12H,2-3,8H2,1H3,(H2,22,23,25). The van der Waals surface area contributed by atoms with Crippen LogP contribution in [0.5, 0.6) is 0 Å². The Morgan fingerprint density at radius 3 is 2.81 bits per heavy atom. The minimum absolute atomic E-state index is 0.235. The summed E-state index contributed by atoms with van der Waals surface area (Å²) in [5.41, 5.74) is 3.69. The molecule has 3 rings (SSSR count). The van der Waals surface area contributed by atoms with E-state index in [0.717, 1.165) is 34.7 Å². The molecule has 2 amide bonds. The van der Waals surface area contributed by atoms with Gasteiger partial charge in [0.25, 0.3) is 0 Å². The number of nitrogens with zero attached hydrogens (tertiary/aromatic N) is 2. The molecule has 0 saturated heterocycles. The Balaban J connectivity index is 1.42. The molecule has 0 atom stereocenters. The fraction of sp³-hybridized carbons (Fsp3) is 0.211. The number of halogens is 1. The Labute approximate surface area is 161 Å². The van der Waals surface area contributed by atoms with Crippen molar-refractivity contribution in [2.45, 2.75) is 19.8 Å². The maximum atomic E-state index is 11.9. The number of hydrogen-bond acceptors (Lipinski definition) is 4. The fourth-order valence-electron chi connectivity index (χ4n) is 2.37. The molecular formula is C19H19ClN4OS. The zero-order valence-electron chi connectivity index (χ0n) is 14.3. The van der Waals surface area contributed by atoms with Crippen molar-refractivity contribution in [3.8, 4) is 11.3 Å². The normalized spacial score (nSPS) is 10.5. The van der Waals surface area contributed by atoms with Gasteiger partial charge < -0.3 is 10.6 Å². The smallest absolute Gasteiger partial charge is 0.319 e. The largest absolute Gasteiger partial charge is 0.338 e. The van der Waals surface area contributed by atoms with Gasteiger partial charge in [-0.15, -0.1) is 11.3 Å². The summed E-state index contributed by atoms with van der Waals surface area (Å²) in [6.45, 7) is 2.50. The molecule has 0 aliphatic heterocycles. The van der Waals surface area contributed by atoms with Gasteiger partial charge in [-0.2, -0.15) is 0 Å². The van der Waals surface area contributed by atoms with Crippen LogP contribution in [0.3, 0.4) is 0 Å². The van der Waals surface area contributed by atoms with Crippen molar-refractivity contribution in [3.05, 3.63) is 63.7 Å². The first kappa shape index (κ1) is 18.4. The van der Waals surface area contributed by atoms with Gasteiger partial charge in [-0.3, -0.25) is 4.98 Å². The van der Waals surface area contributed by atoms with Gasteiger partial charge in [-0.05, 0) is 43.2 Å². The summed E-state index contributed by atoms with van der Waals surface area (Å²) >= 11 is 7.69. The van der Waals surface area contributed by atoms with Crippen molar-refractivity contribution in [2.24, 2.45) is 0 Å². The van der Waals surface area contributed by atoms with Gasteiger partial charge in [0, 0.05) is 47.0 Å². The first-order valence-electron chi connectivity index (χ1n) is 8.27. The molecule has 0 aliphatic rings. The van der Waals surface area contributed by atoms with E-state index in [9.17, 15) is 4.79 Å². The Hall–Kier alpha value is -2.44. The molecule has 7 heteroatoms. The summed E-state index contributed by atoms with van der Waals surface area (Å²) in [7, 11) is 0. The van der Waals surface area contributed by atoms with Gasteiger partial charge in [0.1, 0.15) is 0 Å². The molecule has 134 valence electrons. The topological polar surface area (TPSA) is 66.9 Å². The van der Waals surface area contributed by atoms with Crippen molar-refractivity contribution in [2.75, 3.05) is 11.9 Å². The molecule has 0 saturated carbocycles.